The second kappa shape index (κ2) is 5.96. The molecule has 0 atom stereocenters. The second-order valence-corrected chi connectivity index (χ2v) is 3.34. The van der Waals surface area contributed by atoms with Gasteiger partial charge in [0.25, 0.3) is 0 Å². The lowest BCUT2D eigenvalue weighted by molar-refractivity contribution is -0.274. The molecule has 0 aliphatic carbocycles. The van der Waals surface area contributed by atoms with Crippen molar-refractivity contribution in [1.82, 2.24) is 10.2 Å². The zero-order valence-corrected chi connectivity index (χ0v) is 9.77. The molecule has 0 saturated carbocycles. The van der Waals surface area contributed by atoms with Crippen molar-refractivity contribution in [2.75, 3.05) is 19.6 Å². The second-order valence-electron chi connectivity index (χ2n) is 3.34. The molecule has 0 saturated heterocycles. The highest BCUT2D eigenvalue weighted by molar-refractivity contribution is 5.89. The van der Waals surface area contributed by atoms with Crippen molar-refractivity contribution in [2.45, 2.75) is 25.9 Å². The van der Waals surface area contributed by atoms with Crippen molar-refractivity contribution in [2.24, 2.45) is 0 Å². The molecule has 0 aromatic rings. The lowest BCUT2D eigenvalue weighted by Gasteiger charge is -2.26. The van der Waals surface area contributed by atoms with Gasteiger partial charge in [0, 0.05) is 13.1 Å². The van der Waals surface area contributed by atoms with Crippen LogP contribution in [-0.2, 0) is 9.59 Å². The van der Waals surface area contributed by atoms with Gasteiger partial charge in [-0.3, -0.25) is 9.59 Å². The minimum atomic E-state index is -5.97. The Morgan fingerprint density at radius 1 is 1.11 bits per heavy atom. The van der Waals surface area contributed by atoms with E-state index in [4.69, 9.17) is 0 Å². The third-order valence-electron chi connectivity index (χ3n) is 2.00. The number of halogens is 5. The van der Waals surface area contributed by atoms with E-state index >= 15 is 0 Å². The van der Waals surface area contributed by atoms with Crippen LogP contribution in [0, 0.1) is 0 Å². The fourth-order valence-corrected chi connectivity index (χ4v) is 1.07. The summed E-state index contributed by atoms with van der Waals surface area (Å²) in [4.78, 5) is 22.3. The summed E-state index contributed by atoms with van der Waals surface area (Å²) in [5.41, 5.74) is 0. The third-order valence-corrected chi connectivity index (χ3v) is 2.00. The fraction of sp³-hybridized carbons (Fsp3) is 0.778. The molecule has 106 valence electrons. The molecule has 2 amide bonds. The van der Waals surface area contributed by atoms with Crippen molar-refractivity contribution < 1.29 is 31.5 Å². The quantitative estimate of drug-likeness (QED) is 0.766. The minimum Gasteiger partial charge on any atom is -0.355 e. The summed E-state index contributed by atoms with van der Waals surface area (Å²) in [6, 6.07) is 0. The van der Waals surface area contributed by atoms with Crippen LogP contribution in [0.5, 0.6) is 0 Å². The molecule has 0 unspecified atom stereocenters. The van der Waals surface area contributed by atoms with Gasteiger partial charge in [0.05, 0.1) is 6.54 Å². The predicted molar refractivity (Wildman–Crippen MR) is 51.9 cm³/mol. The van der Waals surface area contributed by atoms with E-state index in [1.54, 1.807) is 6.92 Å². The number of nitrogens with one attached hydrogen (secondary N) is 1. The van der Waals surface area contributed by atoms with Crippen LogP contribution in [0.2, 0.25) is 0 Å². The highest BCUT2D eigenvalue weighted by Crippen LogP contribution is 2.36. The molecule has 4 nitrogen and oxygen atoms in total. The SMILES string of the molecule is CCNC(=O)CN(CC)C(=O)C(F)(F)C(F)(F)F. The van der Waals surface area contributed by atoms with Crippen LogP contribution in [0.3, 0.4) is 0 Å². The van der Waals surface area contributed by atoms with Gasteiger partial charge in [0.1, 0.15) is 0 Å². The van der Waals surface area contributed by atoms with Crippen LogP contribution in [0.15, 0.2) is 0 Å². The Balaban J connectivity index is 4.87. The summed E-state index contributed by atoms with van der Waals surface area (Å²) in [6.07, 6.45) is -5.97. The Labute approximate surface area is 100 Å². The van der Waals surface area contributed by atoms with Crippen LogP contribution in [-0.4, -0.2) is 48.4 Å². The first-order valence-electron chi connectivity index (χ1n) is 5.08. The minimum absolute atomic E-state index is 0.151. The topological polar surface area (TPSA) is 49.4 Å². The molecule has 0 spiro atoms. The van der Waals surface area contributed by atoms with E-state index in [1.807, 2.05) is 0 Å². The van der Waals surface area contributed by atoms with Gasteiger partial charge in [0.2, 0.25) is 5.91 Å². The summed E-state index contributed by atoms with van der Waals surface area (Å²) in [5, 5.41) is 2.20. The highest BCUT2D eigenvalue weighted by atomic mass is 19.4. The van der Waals surface area contributed by atoms with Gasteiger partial charge in [-0.2, -0.15) is 22.0 Å². The van der Waals surface area contributed by atoms with Crippen molar-refractivity contribution in [3.63, 3.8) is 0 Å². The molecular weight excluding hydrogens is 263 g/mol. The van der Waals surface area contributed by atoms with E-state index in [0.717, 1.165) is 0 Å². The summed E-state index contributed by atoms with van der Waals surface area (Å²) in [5.74, 6) is -8.72. The average molecular weight is 276 g/mol. The molecule has 1 N–H and O–H groups in total. The van der Waals surface area contributed by atoms with Gasteiger partial charge in [-0.15, -0.1) is 0 Å². The van der Waals surface area contributed by atoms with E-state index < -0.39 is 37.0 Å². The number of carbonyl (C=O) groups is 2. The van der Waals surface area contributed by atoms with Gasteiger partial charge in [-0.25, -0.2) is 0 Å². The first kappa shape index (κ1) is 16.6. The number of alkyl halides is 5. The maximum absolute atomic E-state index is 12.7. The first-order valence-corrected chi connectivity index (χ1v) is 5.08. The standard InChI is InChI=1S/C9H13F5N2O2/c1-3-15-6(17)5-16(4-2)7(18)8(10,11)9(12,13)14/h3-5H2,1-2H3,(H,15,17). The van der Waals surface area contributed by atoms with Gasteiger partial charge >= 0.3 is 18.0 Å². The van der Waals surface area contributed by atoms with Crippen molar-refractivity contribution >= 4 is 11.8 Å². The number of hydrogen-bond donors (Lipinski definition) is 1. The molecule has 0 bridgehead atoms. The lowest BCUT2D eigenvalue weighted by atomic mass is 10.2. The van der Waals surface area contributed by atoms with Gasteiger partial charge in [-0.1, -0.05) is 0 Å². The van der Waals surface area contributed by atoms with Crippen LogP contribution in [0.4, 0.5) is 22.0 Å². The fourth-order valence-electron chi connectivity index (χ4n) is 1.07. The Kier molecular flexibility index (Phi) is 5.50. The summed E-state index contributed by atoms with van der Waals surface area (Å²) in [7, 11) is 0. The number of carbonyl (C=O) groups excluding carboxylic acids is 2. The number of likely N-dealkylation sites (N-methyl/N-ethyl adjacent to an activating group) is 2. The molecule has 0 aliphatic rings. The van der Waals surface area contributed by atoms with Crippen molar-refractivity contribution in [3.8, 4) is 0 Å². The zero-order valence-electron chi connectivity index (χ0n) is 9.77. The van der Waals surface area contributed by atoms with E-state index in [9.17, 15) is 31.5 Å². The Bertz CT molecular complexity index is 317. The molecule has 0 aromatic carbocycles. The normalized spacial score (nSPS) is 12.2. The lowest BCUT2D eigenvalue weighted by Crippen LogP contribution is -2.54. The Morgan fingerprint density at radius 2 is 1.61 bits per heavy atom. The van der Waals surface area contributed by atoms with E-state index in [0.29, 0.717) is 0 Å². The Morgan fingerprint density at radius 3 is 1.94 bits per heavy atom. The monoisotopic (exact) mass is 276 g/mol. The van der Waals surface area contributed by atoms with Crippen LogP contribution < -0.4 is 5.32 Å². The van der Waals surface area contributed by atoms with E-state index in [1.165, 1.54) is 6.92 Å². The van der Waals surface area contributed by atoms with Gasteiger partial charge in [0.15, 0.2) is 0 Å². The molecule has 0 aromatic heterocycles. The summed E-state index contributed by atoms with van der Waals surface area (Å²) >= 11 is 0. The van der Waals surface area contributed by atoms with E-state index in [2.05, 4.69) is 5.32 Å². The molecule has 9 heteroatoms. The number of hydrogen-bond acceptors (Lipinski definition) is 2. The smallest absolute Gasteiger partial charge is 0.355 e. The number of amides is 2. The maximum Gasteiger partial charge on any atom is 0.463 e. The zero-order chi connectivity index (χ0) is 14.6. The van der Waals surface area contributed by atoms with E-state index in [-0.39, 0.29) is 11.4 Å². The third kappa shape index (κ3) is 3.81. The number of rotatable bonds is 5. The molecule has 0 heterocycles. The molecule has 0 radical (unpaired) electrons. The van der Waals surface area contributed by atoms with Crippen molar-refractivity contribution in [3.05, 3.63) is 0 Å². The Hall–Kier alpha value is -1.41. The molecule has 18 heavy (non-hydrogen) atoms. The first-order chi connectivity index (χ1) is 8.07. The number of nitrogens with zero attached hydrogens (tertiary/aromatic N) is 1. The average Bonchev–Trinajstić information content (AvgIpc) is 2.23. The highest BCUT2D eigenvalue weighted by Gasteiger charge is 2.64. The maximum atomic E-state index is 12.7. The van der Waals surface area contributed by atoms with Crippen LogP contribution in [0.1, 0.15) is 13.8 Å². The van der Waals surface area contributed by atoms with Gasteiger partial charge in [-0.05, 0) is 13.8 Å². The van der Waals surface area contributed by atoms with Gasteiger partial charge < -0.3 is 10.2 Å². The predicted octanol–water partition coefficient (Wildman–Crippen LogP) is 1.17. The molecule has 0 fully saturated rings. The summed E-state index contributed by atoms with van der Waals surface area (Å²) < 4.78 is 61.4. The van der Waals surface area contributed by atoms with Crippen molar-refractivity contribution in [1.29, 1.82) is 0 Å². The largest absolute Gasteiger partial charge is 0.463 e. The summed E-state index contributed by atoms with van der Waals surface area (Å²) in [6.45, 7) is 1.65. The molecule has 0 aliphatic heterocycles. The molecule has 0 rings (SSSR count). The van der Waals surface area contributed by atoms with Crippen LogP contribution in [0.25, 0.3) is 0 Å². The molecular formula is C9H13F5N2O2. The van der Waals surface area contributed by atoms with Crippen LogP contribution >= 0.6 is 0 Å².